The fourth-order valence-corrected chi connectivity index (χ4v) is 4.42. The number of piperidine rings is 1. The van der Waals surface area contributed by atoms with E-state index in [0.717, 1.165) is 24.1 Å². The van der Waals surface area contributed by atoms with Gasteiger partial charge in [-0.05, 0) is 68.3 Å². The van der Waals surface area contributed by atoms with Gasteiger partial charge in [0.1, 0.15) is 11.4 Å². The van der Waals surface area contributed by atoms with Gasteiger partial charge >= 0.3 is 0 Å². The predicted octanol–water partition coefficient (Wildman–Crippen LogP) is 4.60. The van der Waals surface area contributed by atoms with Gasteiger partial charge in [0, 0.05) is 31.2 Å². The van der Waals surface area contributed by atoms with E-state index < -0.39 is 0 Å². The van der Waals surface area contributed by atoms with Crippen molar-refractivity contribution in [3.63, 3.8) is 0 Å². The Morgan fingerprint density at radius 1 is 1.03 bits per heavy atom. The molecular weight excluding hydrogens is 445 g/mol. The maximum atomic E-state index is 13.6. The first-order valence-electron chi connectivity index (χ1n) is 11.6. The zero-order chi connectivity index (χ0) is 24.4. The lowest BCUT2D eigenvalue weighted by atomic mass is 9.96. The quantitative estimate of drug-likeness (QED) is 0.462. The Labute approximate surface area is 202 Å². The Kier molecular flexibility index (Phi) is 6.18. The van der Waals surface area contributed by atoms with Gasteiger partial charge in [-0.1, -0.05) is 17.7 Å². The number of anilines is 1. The minimum atomic E-state index is -0.344. The van der Waals surface area contributed by atoms with Gasteiger partial charge in [0.05, 0.1) is 17.8 Å². The molecule has 0 spiro atoms. The van der Waals surface area contributed by atoms with E-state index in [2.05, 4.69) is 10.4 Å². The van der Waals surface area contributed by atoms with Crippen LogP contribution in [0.5, 0.6) is 0 Å². The molecule has 7 nitrogen and oxygen atoms in total. The lowest BCUT2D eigenvalue weighted by Gasteiger charge is -2.32. The molecule has 0 aliphatic carbocycles. The van der Waals surface area contributed by atoms with E-state index in [1.54, 1.807) is 21.7 Å². The smallest absolute Gasteiger partial charge is 0.259 e. The highest BCUT2D eigenvalue weighted by Gasteiger charge is 2.31. The Balaban J connectivity index is 1.39. The van der Waals surface area contributed by atoms with E-state index >= 15 is 0 Å². The van der Waals surface area contributed by atoms with Crippen LogP contribution in [-0.4, -0.2) is 44.2 Å². The number of hydrogen-bond acceptors (Lipinski definition) is 3. The van der Waals surface area contributed by atoms with Crippen LogP contribution >= 0.6 is 0 Å². The Hall–Kier alpha value is -4.20. The van der Waals surface area contributed by atoms with E-state index in [-0.39, 0.29) is 23.5 Å². The molecule has 1 atom stereocenters. The van der Waals surface area contributed by atoms with Crippen LogP contribution in [0.1, 0.15) is 28.8 Å². The average Bonchev–Trinajstić information content (AvgIpc) is 3.55. The molecule has 1 N–H and O–H groups in total. The summed E-state index contributed by atoms with van der Waals surface area (Å²) >= 11 is 0. The van der Waals surface area contributed by atoms with Crippen molar-refractivity contribution < 1.29 is 14.0 Å². The minimum Gasteiger partial charge on any atom is -0.338 e. The molecule has 2 amide bonds. The standard InChI is InChI=1S/C27H26FN5O2/c1-19-6-10-22(11-7-19)30-25(34)20-5-4-16-32(18-20)27(35)24-17-29-33(23-12-8-21(28)9-13-23)26(24)31-14-2-3-15-31/h2-3,6-15,17,20H,4-5,16,18H2,1H3,(H,30,34)/t20-/m0/s1. The summed E-state index contributed by atoms with van der Waals surface area (Å²) in [6.45, 7) is 2.90. The molecule has 1 aliphatic heterocycles. The third kappa shape index (κ3) is 4.73. The number of aryl methyl sites for hydroxylation is 1. The fourth-order valence-electron chi connectivity index (χ4n) is 4.42. The molecule has 0 radical (unpaired) electrons. The van der Waals surface area contributed by atoms with Gasteiger partial charge in [0.15, 0.2) is 5.82 Å². The summed E-state index contributed by atoms with van der Waals surface area (Å²) in [5, 5.41) is 7.43. The van der Waals surface area contributed by atoms with Crippen LogP contribution in [0.4, 0.5) is 10.1 Å². The average molecular weight is 472 g/mol. The summed E-state index contributed by atoms with van der Waals surface area (Å²) in [5.74, 6) is -0.342. The lowest BCUT2D eigenvalue weighted by molar-refractivity contribution is -0.121. The number of amides is 2. The normalized spacial score (nSPS) is 15.7. The van der Waals surface area contributed by atoms with E-state index in [1.807, 2.05) is 60.3 Å². The zero-order valence-electron chi connectivity index (χ0n) is 19.4. The number of nitrogens with one attached hydrogen (secondary N) is 1. The van der Waals surface area contributed by atoms with Gasteiger partial charge in [0.2, 0.25) is 5.91 Å². The molecule has 1 fully saturated rings. The second kappa shape index (κ2) is 9.58. The first-order valence-corrected chi connectivity index (χ1v) is 11.6. The molecule has 178 valence electrons. The molecule has 0 bridgehead atoms. The molecule has 8 heteroatoms. The van der Waals surface area contributed by atoms with Gasteiger partial charge in [-0.2, -0.15) is 5.10 Å². The molecule has 2 aromatic carbocycles. The summed E-state index contributed by atoms with van der Waals surface area (Å²) in [7, 11) is 0. The van der Waals surface area contributed by atoms with Crippen LogP contribution in [-0.2, 0) is 4.79 Å². The van der Waals surface area contributed by atoms with E-state index in [4.69, 9.17) is 0 Å². The highest BCUT2D eigenvalue weighted by molar-refractivity contribution is 5.98. The van der Waals surface area contributed by atoms with Gasteiger partial charge in [-0.3, -0.25) is 9.59 Å². The number of likely N-dealkylation sites (tertiary alicyclic amines) is 1. The summed E-state index contributed by atoms with van der Waals surface area (Å²) in [4.78, 5) is 28.3. The van der Waals surface area contributed by atoms with Gasteiger partial charge < -0.3 is 14.8 Å². The Morgan fingerprint density at radius 3 is 2.46 bits per heavy atom. The minimum absolute atomic E-state index is 0.0843. The van der Waals surface area contributed by atoms with Crippen LogP contribution in [0, 0.1) is 18.7 Å². The van der Waals surface area contributed by atoms with E-state index in [9.17, 15) is 14.0 Å². The highest BCUT2D eigenvalue weighted by Crippen LogP contribution is 2.25. The number of carbonyl (C=O) groups is 2. The first-order chi connectivity index (χ1) is 17.0. The maximum absolute atomic E-state index is 13.6. The van der Waals surface area contributed by atoms with Crippen LogP contribution in [0.2, 0.25) is 0 Å². The Morgan fingerprint density at radius 2 is 1.74 bits per heavy atom. The molecule has 3 heterocycles. The van der Waals surface area contributed by atoms with Crippen LogP contribution in [0.3, 0.4) is 0 Å². The molecule has 0 saturated carbocycles. The molecule has 5 rings (SSSR count). The van der Waals surface area contributed by atoms with Crippen molar-refractivity contribution in [1.29, 1.82) is 0 Å². The summed E-state index contributed by atoms with van der Waals surface area (Å²) in [6.07, 6.45) is 6.67. The van der Waals surface area contributed by atoms with Crippen molar-refractivity contribution in [2.45, 2.75) is 19.8 Å². The SMILES string of the molecule is Cc1ccc(NC(=O)[C@H]2CCCN(C(=O)c3cnn(-c4ccc(F)cc4)c3-n3cccc3)C2)cc1. The summed E-state index contributed by atoms with van der Waals surface area (Å²) in [5.41, 5.74) is 2.94. The molecule has 0 unspecified atom stereocenters. The third-order valence-electron chi connectivity index (χ3n) is 6.29. The van der Waals surface area contributed by atoms with Gasteiger partial charge in [-0.15, -0.1) is 0 Å². The van der Waals surface area contributed by atoms with Crippen molar-refractivity contribution in [2.24, 2.45) is 5.92 Å². The number of nitrogens with zero attached hydrogens (tertiary/aromatic N) is 4. The van der Waals surface area contributed by atoms with Crippen LogP contribution < -0.4 is 5.32 Å². The van der Waals surface area contributed by atoms with Crippen molar-refractivity contribution in [2.75, 3.05) is 18.4 Å². The molecule has 1 aliphatic rings. The molecule has 35 heavy (non-hydrogen) atoms. The third-order valence-corrected chi connectivity index (χ3v) is 6.29. The largest absolute Gasteiger partial charge is 0.338 e. The number of hydrogen-bond donors (Lipinski definition) is 1. The summed E-state index contributed by atoms with van der Waals surface area (Å²) < 4.78 is 16.9. The molecule has 4 aromatic rings. The van der Waals surface area contributed by atoms with Gasteiger partial charge in [-0.25, -0.2) is 9.07 Å². The van der Waals surface area contributed by atoms with E-state index in [0.29, 0.717) is 30.2 Å². The van der Waals surface area contributed by atoms with Crippen LogP contribution in [0.25, 0.3) is 11.5 Å². The topological polar surface area (TPSA) is 72.2 Å². The zero-order valence-corrected chi connectivity index (χ0v) is 19.4. The number of carbonyl (C=O) groups excluding carboxylic acids is 2. The molecule has 1 saturated heterocycles. The second-order valence-electron chi connectivity index (χ2n) is 8.81. The number of rotatable bonds is 5. The van der Waals surface area contributed by atoms with Crippen molar-refractivity contribution in [3.8, 4) is 11.5 Å². The fraction of sp³-hybridized carbons (Fsp3) is 0.222. The van der Waals surface area contributed by atoms with Crippen molar-refractivity contribution in [3.05, 3.63) is 96.2 Å². The summed E-state index contributed by atoms with van der Waals surface area (Å²) in [6, 6.07) is 17.4. The second-order valence-corrected chi connectivity index (χ2v) is 8.81. The molecular formula is C27H26FN5O2. The number of benzene rings is 2. The highest BCUT2D eigenvalue weighted by atomic mass is 19.1. The van der Waals surface area contributed by atoms with Crippen molar-refractivity contribution >= 4 is 17.5 Å². The number of halogens is 1. The maximum Gasteiger partial charge on any atom is 0.259 e. The number of aromatic nitrogens is 3. The van der Waals surface area contributed by atoms with Crippen LogP contribution in [0.15, 0.2) is 79.3 Å². The predicted molar refractivity (Wildman–Crippen MR) is 131 cm³/mol. The lowest BCUT2D eigenvalue weighted by Crippen LogP contribution is -2.44. The molecule has 2 aromatic heterocycles. The van der Waals surface area contributed by atoms with Gasteiger partial charge in [0.25, 0.3) is 5.91 Å². The van der Waals surface area contributed by atoms with Crippen molar-refractivity contribution in [1.82, 2.24) is 19.2 Å². The monoisotopic (exact) mass is 471 g/mol. The first kappa shape index (κ1) is 22.6. The van der Waals surface area contributed by atoms with E-state index in [1.165, 1.54) is 18.3 Å². The Bertz CT molecular complexity index is 1330.